The average Bonchev–Trinajstić information content (AvgIpc) is 1.80. The maximum atomic E-state index is 9.39. The van der Waals surface area contributed by atoms with Gasteiger partial charge in [-0.15, -0.1) is 29.7 Å². The summed E-state index contributed by atoms with van der Waals surface area (Å²) in [4.78, 5) is 4.86. The van der Waals surface area contributed by atoms with Gasteiger partial charge in [0.1, 0.15) is 5.82 Å². The minimum absolute atomic E-state index is 0. The molecule has 0 amide bonds. The number of ether oxygens (including phenoxy) is 1. The molecule has 0 saturated carbocycles. The molecule has 0 spiro atoms. The zero-order chi connectivity index (χ0) is 59.9. The third-order valence-electron chi connectivity index (χ3n) is 14.1. The summed E-state index contributed by atoms with van der Waals surface area (Å²) >= 11 is 0. The number of pyridine rings is 1. The average molecular weight is 1200 g/mol. The maximum absolute atomic E-state index is 9.39. The fourth-order valence-corrected chi connectivity index (χ4v) is 15.4. The molecule has 374 valence electrons. The number of hydrogen-bond donors (Lipinski definition) is 0. The van der Waals surface area contributed by atoms with Gasteiger partial charge in [-0.2, -0.15) is 18.2 Å². The normalized spacial score (nSPS) is 13.5. The number of imidazole rings is 1. The molecule has 13 rings (SSSR count). The van der Waals surface area contributed by atoms with Crippen molar-refractivity contribution in [3.63, 3.8) is 0 Å². The Labute approximate surface area is 479 Å². The molecule has 0 aliphatic carbocycles. The van der Waals surface area contributed by atoms with Crippen molar-refractivity contribution in [3.05, 3.63) is 285 Å². The van der Waals surface area contributed by atoms with E-state index in [1.165, 1.54) is 0 Å². The summed E-state index contributed by atoms with van der Waals surface area (Å²) < 4.78 is 103. The first-order valence-corrected chi connectivity index (χ1v) is 27.0. The van der Waals surface area contributed by atoms with Crippen molar-refractivity contribution in [2.45, 2.75) is 26.2 Å². The van der Waals surface area contributed by atoms with Crippen molar-refractivity contribution in [2.24, 2.45) is 0 Å². The van der Waals surface area contributed by atoms with E-state index in [1.807, 2.05) is 109 Å². The van der Waals surface area contributed by atoms with Crippen molar-refractivity contribution in [3.8, 4) is 50.9 Å². The predicted molar refractivity (Wildman–Crippen MR) is 313 cm³/mol. The van der Waals surface area contributed by atoms with Crippen LogP contribution in [0.15, 0.2) is 261 Å². The molecule has 77 heavy (non-hydrogen) atoms. The standard InChI is InChI=1S/C70H52N4OSi.Pt/c1-70(2,3)52-43-44-71-68(45-52)74-64-38-20-19-35-62(64)63-41-39-55(47-66(63)74)75-54-28-21-27-53(46-54)72-49-73(69-60(50-23-9-4-10-24-50)36-22-37-61(69)51-25-11-5-12-26-51)67-48-59(40-42-65(67)72)76(56-29-13-6-14-30-56,57-31-15-7-16-32-57)58-33-17-8-18-34-58;/h4-45,48H,1-3H3;/q-2;/i4D,5D,9D,10D,11D,12D,23D,24D,25D,26D;. The molecule has 0 N–H and O–H groups in total. The third kappa shape index (κ3) is 8.84. The maximum Gasteiger partial charge on any atom is 0.268 e. The van der Waals surface area contributed by atoms with Crippen LogP contribution in [0.3, 0.4) is 0 Å². The van der Waals surface area contributed by atoms with E-state index in [9.17, 15) is 5.48 Å². The van der Waals surface area contributed by atoms with Crippen molar-refractivity contribution in [2.75, 3.05) is 0 Å². The van der Waals surface area contributed by atoms with Crippen molar-refractivity contribution in [1.82, 2.24) is 14.1 Å². The Morgan fingerprint density at radius 2 is 1.12 bits per heavy atom. The second kappa shape index (κ2) is 20.5. The Hall–Kier alpha value is -8.67. The fraction of sp³-hybridized carbons (Fsp3) is 0.0571. The molecule has 5 nitrogen and oxygen atoms in total. The Morgan fingerprint density at radius 1 is 0.532 bits per heavy atom. The second-order valence-corrected chi connectivity index (χ2v) is 23.4. The van der Waals surface area contributed by atoms with Gasteiger partial charge < -0.3 is 13.9 Å². The van der Waals surface area contributed by atoms with E-state index in [4.69, 9.17) is 17.9 Å². The quantitative estimate of drug-likeness (QED) is 0.0560. The van der Waals surface area contributed by atoms with Gasteiger partial charge >= 0.3 is 0 Å². The van der Waals surface area contributed by atoms with Crippen LogP contribution < -0.4 is 30.1 Å². The van der Waals surface area contributed by atoms with Crippen LogP contribution in [0.25, 0.3) is 72.3 Å². The van der Waals surface area contributed by atoms with Gasteiger partial charge in [0, 0.05) is 44.3 Å². The van der Waals surface area contributed by atoms with Crippen LogP contribution in [0.2, 0.25) is 0 Å². The second-order valence-electron chi connectivity index (χ2n) is 19.6. The molecule has 0 bridgehead atoms. The first kappa shape index (κ1) is 38.8. The van der Waals surface area contributed by atoms with Gasteiger partial charge in [-0.3, -0.25) is 4.57 Å². The third-order valence-corrected chi connectivity index (χ3v) is 18.9. The molecule has 7 heteroatoms. The number of aromatic nitrogens is 4. The van der Waals surface area contributed by atoms with Crippen molar-refractivity contribution < 1.29 is 44.1 Å². The zero-order valence-corrected chi connectivity index (χ0v) is 45.3. The van der Waals surface area contributed by atoms with Gasteiger partial charge in [-0.1, -0.05) is 232 Å². The molecule has 0 fully saturated rings. The van der Waals surface area contributed by atoms with Gasteiger partial charge in [-0.05, 0) is 83.3 Å². The van der Waals surface area contributed by atoms with Crippen LogP contribution in [0, 0.1) is 18.5 Å². The van der Waals surface area contributed by atoms with E-state index in [1.54, 1.807) is 33.4 Å². The Morgan fingerprint density at radius 3 is 1.74 bits per heavy atom. The molecule has 0 atom stereocenters. The first-order chi connectivity index (χ1) is 41.5. The number of benzene rings is 10. The number of hydrogen-bond acceptors (Lipinski definition) is 2. The van der Waals surface area contributed by atoms with Gasteiger partial charge in [0.05, 0.1) is 30.4 Å². The van der Waals surface area contributed by atoms with E-state index in [0.29, 0.717) is 28.2 Å². The van der Waals surface area contributed by atoms with Gasteiger partial charge in [0.15, 0.2) is 8.07 Å². The molecule has 0 saturated heterocycles. The number of rotatable bonds is 11. The summed E-state index contributed by atoms with van der Waals surface area (Å²) in [5.74, 6) is 1.51. The summed E-state index contributed by atoms with van der Waals surface area (Å²) in [7, 11) is -3.30. The SMILES string of the molecule is [2H]c1c([2H])c([2H])c(-c2cccc(-c3c([2H])c([2H])c([2H])c([2H])c3[2H])c2-[n+]2[c-]n(-c3[c-]c(Oc4[c-]c5c(cc4)c4ccccc4n5-c4cc(C(C)(C)C)ccn4)ccc3)c3ccc([Si](c4ccccc4)(c4ccccc4)c4ccccc4)cc32)c([2H])c1[2H].[Pt]. The van der Waals surface area contributed by atoms with E-state index >= 15 is 0 Å². The smallest absolute Gasteiger partial charge is 0.268 e. The van der Waals surface area contributed by atoms with E-state index in [2.05, 4.69) is 111 Å². The Bertz CT molecular complexity index is 4620. The Balaban J connectivity index is 0.00000739. The van der Waals surface area contributed by atoms with Gasteiger partial charge in [-0.25, -0.2) is 4.98 Å². The minimum Gasteiger partial charge on any atom is -0.510 e. The van der Waals surface area contributed by atoms with E-state index < -0.39 is 68.5 Å². The molecule has 10 aromatic carbocycles. The minimum atomic E-state index is -3.30. The number of para-hydroxylation sites is 2. The van der Waals surface area contributed by atoms with Crippen LogP contribution in [0.5, 0.6) is 11.5 Å². The molecular formula is C70H52N4OPtSi-2. The zero-order valence-electron chi connectivity index (χ0n) is 52.1. The van der Waals surface area contributed by atoms with E-state index in [-0.39, 0.29) is 54.4 Å². The van der Waals surface area contributed by atoms with Gasteiger partial charge in [0.25, 0.3) is 6.33 Å². The molecule has 0 aliphatic rings. The molecule has 0 radical (unpaired) electrons. The van der Waals surface area contributed by atoms with E-state index in [0.717, 1.165) is 53.9 Å². The molecule has 0 unspecified atom stereocenters. The van der Waals surface area contributed by atoms with Crippen LogP contribution in [0.1, 0.15) is 40.0 Å². The topological polar surface area (TPSA) is 35.9 Å². The Kier molecular flexibility index (Phi) is 10.3. The number of fused-ring (bicyclic) bond motifs is 4. The van der Waals surface area contributed by atoms with Crippen LogP contribution >= 0.6 is 0 Å². The first-order valence-electron chi connectivity index (χ1n) is 30.0. The van der Waals surface area contributed by atoms with Crippen LogP contribution in [-0.4, -0.2) is 22.2 Å². The van der Waals surface area contributed by atoms with Crippen LogP contribution in [-0.2, 0) is 26.5 Å². The van der Waals surface area contributed by atoms with Crippen molar-refractivity contribution in [1.29, 1.82) is 0 Å². The largest absolute Gasteiger partial charge is 0.510 e. The van der Waals surface area contributed by atoms with Crippen molar-refractivity contribution >= 4 is 61.7 Å². The monoisotopic (exact) mass is 1200 g/mol. The van der Waals surface area contributed by atoms with Gasteiger partial charge in [0.2, 0.25) is 0 Å². The summed E-state index contributed by atoms with van der Waals surface area (Å²) in [5, 5.41) is 6.23. The molecule has 0 aliphatic heterocycles. The summed E-state index contributed by atoms with van der Waals surface area (Å²) in [6.07, 6.45) is 5.44. The fourth-order valence-electron chi connectivity index (χ4n) is 10.6. The molecular weight excluding hydrogens is 1140 g/mol. The number of nitrogens with zero attached hydrogens (tertiary/aromatic N) is 4. The predicted octanol–water partition coefficient (Wildman–Crippen LogP) is 13.6. The molecule has 13 aromatic rings. The molecule has 3 heterocycles. The summed E-state index contributed by atoms with van der Waals surface area (Å²) in [6.45, 7) is 6.52. The summed E-state index contributed by atoms with van der Waals surface area (Å²) in [5.41, 5.74) is 4.39. The summed E-state index contributed by atoms with van der Waals surface area (Å²) in [6, 6.07) is 65.6. The molecule has 3 aromatic heterocycles. The van der Waals surface area contributed by atoms with Crippen LogP contribution in [0.4, 0.5) is 0 Å².